The summed E-state index contributed by atoms with van der Waals surface area (Å²) in [4.78, 5) is 24.6. The standard InChI is InChI=1S/C6H5N3O2/c10-3-1-2-7-5-4(3)6(11)9-8-5/h1-2H,(H3,7,8,9,10,11). The van der Waals surface area contributed by atoms with Crippen molar-refractivity contribution in [1.82, 2.24) is 15.2 Å². The fraction of sp³-hybridized carbons (Fsp3) is 0. The van der Waals surface area contributed by atoms with Crippen LogP contribution in [0, 0.1) is 0 Å². The molecule has 2 heterocycles. The average molecular weight is 151 g/mol. The van der Waals surface area contributed by atoms with Gasteiger partial charge in [0.25, 0.3) is 5.56 Å². The van der Waals surface area contributed by atoms with E-state index in [1.54, 1.807) is 0 Å². The molecular weight excluding hydrogens is 146 g/mol. The van der Waals surface area contributed by atoms with E-state index in [2.05, 4.69) is 15.2 Å². The number of pyridine rings is 1. The molecule has 0 bridgehead atoms. The van der Waals surface area contributed by atoms with E-state index < -0.39 is 0 Å². The second-order valence-electron chi connectivity index (χ2n) is 2.17. The lowest BCUT2D eigenvalue weighted by atomic mass is 10.3. The zero-order chi connectivity index (χ0) is 7.84. The third-order valence-corrected chi connectivity index (χ3v) is 1.49. The van der Waals surface area contributed by atoms with Crippen LogP contribution in [0.15, 0.2) is 21.9 Å². The summed E-state index contributed by atoms with van der Waals surface area (Å²) < 4.78 is 0. The highest BCUT2D eigenvalue weighted by Crippen LogP contribution is 1.91. The lowest BCUT2D eigenvalue weighted by Gasteiger charge is -1.82. The van der Waals surface area contributed by atoms with Crippen LogP contribution in [-0.2, 0) is 0 Å². The molecule has 0 saturated heterocycles. The van der Waals surface area contributed by atoms with Gasteiger partial charge >= 0.3 is 0 Å². The molecule has 11 heavy (non-hydrogen) atoms. The van der Waals surface area contributed by atoms with Gasteiger partial charge in [-0.15, -0.1) is 0 Å². The molecule has 5 nitrogen and oxygen atoms in total. The van der Waals surface area contributed by atoms with E-state index >= 15 is 0 Å². The Kier molecular flexibility index (Phi) is 1.00. The summed E-state index contributed by atoms with van der Waals surface area (Å²) in [5.41, 5.74) is -0.231. The van der Waals surface area contributed by atoms with Crippen molar-refractivity contribution in [3.8, 4) is 0 Å². The topological polar surface area (TPSA) is 81.5 Å². The molecule has 2 aromatic rings. The molecule has 0 aliphatic heterocycles. The first-order valence-electron chi connectivity index (χ1n) is 3.07. The molecule has 2 aromatic heterocycles. The number of hydrogen-bond donors (Lipinski definition) is 3. The van der Waals surface area contributed by atoms with Gasteiger partial charge in [-0.05, 0) is 0 Å². The smallest absolute Gasteiger partial charge is 0.277 e. The molecular formula is C6H5N3O2. The molecule has 0 atom stereocenters. The summed E-state index contributed by atoms with van der Waals surface area (Å²) >= 11 is 0. The predicted octanol–water partition coefficient (Wildman–Crippen LogP) is -0.456. The van der Waals surface area contributed by atoms with E-state index in [4.69, 9.17) is 0 Å². The van der Waals surface area contributed by atoms with Gasteiger partial charge < -0.3 is 4.98 Å². The lowest BCUT2D eigenvalue weighted by Crippen LogP contribution is -2.09. The quantitative estimate of drug-likeness (QED) is 0.476. The molecule has 0 aromatic carbocycles. The molecule has 0 aliphatic carbocycles. The maximum Gasteiger partial charge on any atom is 0.277 e. The second-order valence-corrected chi connectivity index (χ2v) is 2.17. The van der Waals surface area contributed by atoms with Crippen LogP contribution in [-0.4, -0.2) is 15.2 Å². The first kappa shape index (κ1) is 5.96. The Balaban J connectivity index is 3.21. The fourth-order valence-electron chi connectivity index (χ4n) is 0.985. The monoisotopic (exact) mass is 151 g/mol. The maximum atomic E-state index is 11.0. The van der Waals surface area contributed by atoms with Gasteiger partial charge in [-0.25, -0.2) is 0 Å². The molecule has 5 heteroatoms. The third kappa shape index (κ3) is 0.706. The van der Waals surface area contributed by atoms with E-state index in [1.165, 1.54) is 12.3 Å². The van der Waals surface area contributed by atoms with Crippen LogP contribution in [0.2, 0.25) is 0 Å². The first-order valence-corrected chi connectivity index (χ1v) is 3.07. The van der Waals surface area contributed by atoms with Gasteiger partial charge in [-0.2, -0.15) is 0 Å². The Morgan fingerprint density at radius 2 is 2.00 bits per heavy atom. The van der Waals surface area contributed by atoms with E-state index in [9.17, 15) is 9.59 Å². The lowest BCUT2D eigenvalue weighted by molar-refractivity contribution is 1.06. The van der Waals surface area contributed by atoms with Crippen molar-refractivity contribution in [3.05, 3.63) is 32.8 Å². The zero-order valence-corrected chi connectivity index (χ0v) is 5.47. The van der Waals surface area contributed by atoms with Crippen LogP contribution in [0.5, 0.6) is 0 Å². The number of aromatic nitrogens is 3. The van der Waals surface area contributed by atoms with Gasteiger partial charge in [-0.3, -0.25) is 19.8 Å². The molecule has 0 radical (unpaired) electrons. The van der Waals surface area contributed by atoms with Gasteiger partial charge in [0.15, 0.2) is 5.43 Å². The van der Waals surface area contributed by atoms with Crippen LogP contribution < -0.4 is 11.0 Å². The summed E-state index contributed by atoms with van der Waals surface area (Å²) in [6.45, 7) is 0. The summed E-state index contributed by atoms with van der Waals surface area (Å²) in [6.07, 6.45) is 1.48. The van der Waals surface area contributed by atoms with Crippen molar-refractivity contribution in [3.63, 3.8) is 0 Å². The van der Waals surface area contributed by atoms with Crippen LogP contribution in [0.4, 0.5) is 0 Å². The molecule has 2 rings (SSSR count). The van der Waals surface area contributed by atoms with Crippen molar-refractivity contribution < 1.29 is 0 Å². The number of aromatic amines is 3. The maximum absolute atomic E-state index is 11.0. The van der Waals surface area contributed by atoms with Crippen molar-refractivity contribution in [1.29, 1.82) is 0 Å². The van der Waals surface area contributed by atoms with Gasteiger partial charge in [0, 0.05) is 12.3 Å². The van der Waals surface area contributed by atoms with Gasteiger partial charge in [0.2, 0.25) is 0 Å². The third-order valence-electron chi connectivity index (χ3n) is 1.49. The van der Waals surface area contributed by atoms with Crippen molar-refractivity contribution in [2.45, 2.75) is 0 Å². The van der Waals surface area contributed by atoms with Crippen molar-refractivity contribution >= 4 is 11.0 Å². The molecule has 0 amide bonds. The Labute approximate surface area is 60.1 Å². The first-order chi connectivity index (χ1) is 5.29. The minimum absolute atomic E-state index is 0.146. The van der Waals surface area contributed by atoms with Gasteiger partial charge in [0.1, 0.15) is 11.0 Å². The second kappa shape index (κ2) is 1.85. The minimum Gasteiger partial charge on any atom is -0.346 e. The SMILES string of the molecule is O=c1cc[nH]c2[nH][nH]c(=O)c12. The number of hydrogen-bond acceptors (Lipinski definition) is 2. The summed E-state index contributed by atoms with van der Waals surface area (Å²) in [5.74, 6) is 0. The highest BCUT2D eigenvalue weighted by molar-refractivity contribution is 5.72. The van der Waals surface area contributed by atoms with Crippen molar-refractivity contribution in [2.24, 2.45) is 0 Å². The molecule has 0 unspecified atom stereocenters. The number of rotatable bonds is 0. The fourth-order valence-corrected chi connectivity index (χ4v) is 0.985. The Morgan fingerprint density at radius 1 is 1.18 bits per heavy atom. The van der Waals surface area contributed by atoms with E-state index in [0.717, 1.165) is 0 Å². The summed E-state index contributed by atoms with van der Waals surface area (Å²) in [7, 11) is 0. The molecule has 0 aliphatic rings. The highest BCUT2D eigenvalue weighted by Gasteiger charge is 2.02. The zero-order valence-electron chi connectivity index (χ0n) is 5.47. The van der Waals surface area contributed by atoms with Crippen LogP contribution >= 0.6 is 0 Å². The molecule has 0 saturated carbocycles. The normalized spacial score (nSPS) is 10.5. The van der Waals surface area contributed by atoms with E-state index in [-0.39, 0.29) is 16.4 Å². The molecule has 56 valence electrons. The molecule has 0 spiro atoms. The van der Waals surface area contributed by atoms with E-state index in [0.29, 0.717) is 5.65 Å². The van der Waals surface area contributed by atoms with Crippen molar-refractivity contribution in [2.75, 3.05) is 0 Å². The number of fused-ring (bicyclic) bond motifs is 1. The number of H-pyrrole nitrogens is 3. The Morgan fingerprint density at radius 3 is 2.73 bits per heavy atom. The largest absolute Gasteiger partial charge is 0.346 e. The summed E-state index contributed by atoms with van der Waals surface area (Å²) in [6, 6.07) is 1.31. The average Bonchev–Trinajstić information content (AvgIpc) is 2.34. The molecule has 0 fully saturated rings. The van der Waals surface area contributed by atoms with E-state index in [1.807, 2.05) is 0 Å². The minimum atomic E-state index is -0.387. The highest BCUT2D eigenvalue weighted by atomic mass is 16.1. The van der Waals surface area contributed by atoms with Crippen LogP contribution in [0.3, 0.4) is 0 Å². The molecule has 3 N–H and O–H groups in total. The van der Waals surface area contributed by atoms with Gasteiger partial charge in [-0.1, -0.05) is 0 Å². The number of nitrogens with one attached hydrogen (secondary N) is 3. The Bertz CT molecular complexity index is 490. The van der Waals surface area contributed by atoms with Gasteiger partial charge in [0.05, 0.1) is 0 Å². The Hall–Kier alpha value is -1.78. The predicted molar refractivity (Wildman–Crippen MR) is 39.5 cm³/mol. The van der Waals surface area contributed by atoms with Crippen LogP contribution in [0.1, 0.15) is 0 Å². The van der Waals surface area contributed by atoms with Crippen LogP contribution in [0.25, 0.3) is 11.0 Å². The summed E-state index contributed by atoms with van der Waals surface area (Å²) in [5, 5.41) is 4.99.